The van der Waals surface area contributed by atoms with Crippen molar-refractivity contribution >= 4 is 22.7 Å². The molecule has 7 heteroatoms. The molecule has 0 radical (unpaired) electrons. The fourth-order valence-electron chi connectivity index (χ4n) is 4.37. The van der Waals surface area contributed by atoms with E-state index in [1.165, 1.54) is 17.0 Å². The Morgan fingerprint density at radius 2 is 1.82 bits per heavy atom. The van der Waals surface area contributed by atoms with E-state index >= 15 is 0 Å². The molecule has 0 bridgehead atoms. The number of hydrogen-bond acceptors (Lipinski definition) is 5. The fourth-order valence-corrected chi connectivity index (χ4v) is 4.37. The number of benzene rings is 2. The number of halogens is 1. The highest BCUT2D eigenvalue weighted by Crippen LogP contribution is 2.40. The average molecular weight is 451 g/mol. The number of rotatable bonds is 9. The molecule has 1 atom stereocenters. The third-order valence-corrected chi connectivity index (χ3v) is 6.17. The highest BCUT2D eigenvalue weighted by atomic mass is 19.1. The SMILES string of the molecule is CCN(CC)CCCN1C(=O)C(O)=C(C(=O)c2cc3ccccc3o2)[C@H]1c1ccccc1F. The molecule has 1 aromatic heterocycles. The highest BCUT2D eigenvalue weighted by Gasteiger charge is 2.45. The van der Waals surface area contributed by atoms with Gasteiger partial charge in [0.15, 0.2) is 11.5 Å². The van der Waals surface area contributed by atoms with E-state index in [-0.39, 0.29) is 23.4 Å². The van der Waals surface area contributed by atoms with Gasteiger partial charge in [-0.05, 0) is 44.3 Å². The van der Waals surface area contributed by atoms with Crippen LogP contribution in [0.25, 0.3) is 11.0 Å². The smallest absolute Gasteiger partial charge is 0.290 e. The molecule has 1 amide bonds. The summed E-state index contributed by atoms with van der Waals surface area (Å²) in [6, 6.07) is 13.7. The summed E-state index contributed by atoms with van der Waals surface area (Å²) in [5, 5.41) is 11.5. The summed E-state index contributed by atoms with van der Waals surface area (Å²) in [7, 11) is 0. The normalized spacial score (nSPS) is 16.4. The molecule has 0 aliphatic carbocycles. The van der Waals surface area contributed by atoms with Crippen molar-refractivity contribution in [2.45, 2.75) is 26.3 Å². The molecule has 3 aromatic rings. The number of Topliss-reactive ketones (excluding diaryl/α,β-unsaturated/α-hetero) is 1. The summed E-state index contributed by atoms with van der Waals surface area (Å²) in [5.74, 6) is -2.51. The van der Waals surface area contributed by atoms with Crippen LogP contribution in [0.2, 0.25) is 0 Å². The van der Waals surface area contributed by atoms with E-state index in [0.29, 0.717) is 12.0 Å². The molecular formula is C26H27FN2O4. The van der Waals surface area contributed by atoms with E-state index in [1.54, 1.807) is 36.4 Å². The predicted octanol–water partition coefficient (Wildman–Crippen LogP) is 4.88. The number of fused-ring (bicyclic) bond motifs is 1. The first-order valence-electron chi connectivity index (χ1n) is 11.2. The Morgan fingerprint density at radius 3 is 2.52 bits per heavy atom. The van der Waals surface area contributed by atoms with Crippen LogP contribution in [0.3, 0.4) is 0 Å². The largest absolute Gasteiger partial charge is 0.503 e. The Bertz CT molecular complexity index is 1180. The second kappa shape index (κ2) is 9.58. The summed E-state index contributed by atoms with van der Waals surface area (Å²) in [6.07, 6.45) is 0.623. The van der Waals surface area contributed by atoms with Crippen molar-refractivity contribution in [1.82, 2.24) is 9.80 Å². The number of furan rings is 1. The lowest BCUT2D eigenvalue weighted by Gasteiger charge is -2.28. The van der Waals surface area contributed by atoms with E-state index in [0.717, 1.165) is 25.0 Å². The van der Waals surface area contributed by atoms with Gasteiger partial charge in [0, 0.05) is 17.5 Å². The molecule has 6 nitrogen and oxygen atoms in total. The van der Waals surface area contributed by atoms with Crippen LogP contribution in [0.5, 0.6) is 0 Å². The number of hydrogen-bond donors (Lipinski definition) is 1. The molecule has 2 heterocycles. The minimum absolute atomic E-state index is 0.00289. The van der Waals surface area contributed by atoms with E-state index in [2.05, 4.69) is 18.7 Å². The second-order valence-corrected chi connectivity index (χ2v) is 8.04. The molecule has 0 spiro atoms. The van der Waals surface area contributed by atoms with Crippen molar-refractivity contribution in [2.24, 2.45) is 0 Å². The lowest BCUT2D eigenvalue weighted by Crippen LogP contribution is -2.35. The summed E-state index contributed by atoms with van der Waals surface area (Å²) in [5.41, 5.74) is 0.521. The fraction of sp³-hybridized carbons (Fsp3) is 0.308. The molecule has 0 saturated carbocycles. The number of carbonyl (C=O) groups is 2. The first-order chi connectivity index (χ1) is 16.0. The van der Waals surface area contributed by atoms with Crippen molar-refractivity contribution in [3.05, 3.63) is 83.1 Å². The number of aliphatic hydroxyl groups is 1. The van der Waals surface area contributed by atoms with Crippen molar-refractivity contribution in [3.8, 4) is 0 Å². The van der Waals surface area contributed by atoms with Gasteiger partial charge in [0.2, 0.25) is 5.78 Å². The van der Waals surface area contributed by atoms with Gasteiger partial charge >= 0.3 is 0 Å². The maximum absolute atomic E-state index is 14.8. The number of nitrogens with zero attached hydrogens (tertiary/aromatic N) is 2. The lowest BCUT2D eigenvalue weighted by atomic mass is 9.94. The molecule has 0 saturated heterocycles. The van der Waals surface area contributed by atoms with Gasteiger partial charge in [0.25, 0.3) is 5.91 Å². The zero-order valence-corrected chi connectivity index (χ0v) is 18.8. The Morgan fingerprint density at radius 1 is 1.12 bits per heavy atom. The molecule has 1 aliphatic rings. The van der Waals surface area contributed by atoms with Gasteiger partial charge in [-0.3, -0.25) is 9.59 Å². The zero-order chi connectivity index (χ0) is 23.5. The number of aliphatic hydroxyl groups excluding tert-OH is 1. The van der Waals surface area contributed by atoms with E-state index < -0.39 is 29.3 Å². The van der Waals surface area contributed by atoms with Crippen LogP contribution in [-0.4, -0.2) is 52.8 Å². The topological polar surface area (TPSA) is 74.0 Å². The molecule has 1 aliphatic heterocycles. The first kappa shape index (κ1) is 22.7. The van der Waals surface area contributed by atoms with E-state index in [1.807, 2.05) is 6.07 Å². The van der Waals surface area contributed by atoms with Crippen LogP contribution < -0.4 is 0 Å². The maximum Gasteiger partial charge on any atom is 0.290 e. The van der Waals surface area contributed by atoms with Crippen LogP contribution in [0.15, 0.2) is 70.3 Å². The number of carbonyl (C=O) groups excluding carboxylic acids is 2. The standard InChI is InChI=1S/C26H27FN2O4/c1-3-28(4-2)14-9-15-29-23(18-11-6-7-12-19(18)27)22(25(31)26(29)32)24(30)21-16-17-10-5-8-13-20(17)33-21/h5-8,10-13,16,23,31H,3-4,9,14-15H2,1-2H3/t23-/m1/s1. The van der Waals surface area contributed by atoms with Crippen LogP contribution >= 0.6 is 0 Å². The second-order valence-electron chi connectivity index (χ2n) is 8.04. The van der Waals surface area contributed by atoms with Gasteiger partial charge in [0.05, 0.1) is 11.6 Å². The minimum atomic E-state index is -1.03. The van der Waals surface area contributed by atoms with Gasteiger partial charge in [-0.15, -0.1) is 0 Å². The molecule has 0 fully saturated rings. The minimum Gasteiger partial charge on any atom is -0.503 e. The van der Waals surface area contributed by atoms with Crippen molar-refractivity contribution < 1.29 is 23.5 Å². The first-order valence-corrected chi connectivity index (χ1v) is 11.2. The predicted molar refractivity (Wildman–Crippen MR) is 123 cm³/mol. The Kier molecular flexibility index (Phi) is 6.60. The van der Waals surface area contributed by atoms with Gasteiger partial charge in [-0.1, -0.05) is 50.2 Å². The summed E-state index contributed by atoms with van der Waals surface area (Å²) in [4.78, 5) is 30.1. The molecule has 1 N–H and O–H groups in total. The van der Waals surface area contributed by atoms with Crippen LogP contribution in [0, 0.1) is 5.82 Å². The van der Waals surface area contributed by atoms with Crippen molar-refractivity contribution in [3.63, 3.8) is 0 Å². The number of amides is 1. The third-order valence-electron chi connectivity index (χ3n) is 6.17. The molecule has 172 valence electrons. The van der Waals surface area contributed by atoms with Gasteiger partial charge < -0.3 is 19.3 Å². The van der Waals surface area contributed by atoms with Crippen LogP contribution in [0.4, 0.5) is 4.39 Å². The summed E-state index contributed by atoms with van der Waals surface area (Å²) < 4.78 is 20.5. The Labute approximate surface area is 191 Å². The van der Waals surface area contributed by atoms with Gasteiger partial charge in [-0.25, -0.2) is 4.39 Å². The highest BCUT2D eigenvalue weighted by molar-refractivity contribution is 6.16. The molecule has 0 unspecified atom stereocenters. The number of ketones is 1. The van der Waals surface area contributed by atoms with Crippen LogP contribution in [0.1, 0.15) is 42.4 Å². The summed E-state index contributed by atoms with van der Waals surface area (Å²) >= 11 is 0. The Hall–Kier alpha value is -3.45. The van der Waals surface area contributed by atoms with E-state index in [4.69, 9.17) is 4.42 Å². The maximum atomic E-state index is 14.8. The molecule has 2 aromatic carbocycles. The Balaban J connectivity index is 1.71. The van der Waals surface area contributed by atoms with E-state index in [9.17, 15) is 19.1 Å². The quantitative estimate of drug-likeness (QED) is 0.470. The van der Waals surface area contributed by atoms with Gasteiger partial charge in [0.1, 0.15) is 11.4 Å². The molecular weight excluding hydrogens is 423 g/mol. The van der Waals surface area contributed by atoms with Gasteiger partial charge in [-0.2, -0.15) is 0 Å². The van der Waals surface area contributed by atoms with Crippen molar-refractivity contribution in [2.75, 3.05) is 26.2 Å². The third kappa shape index (κ3) is 4.28. The summed E-state index contributed by atoms with van der Waals surface area (Å²) in [6.45, 7) is 6.89. The molecule has 33 heavy (non-hydrogen) atoms. The lowest BCUT2D eigenvalue weighted by molar-refractivity contribution is -0.129. The zero-order valence-electron chi connectivity index (χ0n) is 18.8. The monoisotopic (exact) mass is 450 g/mol. The molecule has 4 rings (SSSR count). The van der Waals surface area contributed by atoms with Crippen molar-refractivity contribution in [1.29, 1.82) is 0 Å². The average Bonchev–Trinajstić information content (AvgIpc) is 3.36. The number of para-hydroxylation sites is 1. The van der Waals surface area contributed by atoms with Crippen LogP contribution in [-0.2, 0) is 4.79 Å².